The molecule has 0 aromatic heterocycles. The molecule has 7 heteroatoms. The Morgan fingerprint density at radius 2 is 1.37 bits per heavy atom. The van der Waals surface area contributed by atoms with Crippen LogP contribution in [0.1, 0.15) is 73.6 Å². The molecule has 2 rings (SSSR count). The number of hydrogen-bond acceptors (Lipinski definition) is 4. The number of carbonyl (C=O) groups excluding carboxylic acids is 2. The van der Waals surface area contributed by atoms with Gasteiger partial charge in [0.15, 0.2) is 0 Å². The Balaban J connectivity index is 1.54. The molecule has 1 N–H and O–H groups in total. The van der Waals surface area contributed by atoms with Crippen LogP contribution in [0.2, 0.25) is 0 Å². The summed E-state index contributed by atoms with van der Waals surface area (Å²) < 4.78 is 42.5. The highest BCUT2D eigenvalue weighted by Crippen LogP contribution is 2.29. The van der Waals surface area contributed by atoms with Gasteiger partial charge >= 0.3 is 12.1 Å². The van der Waals surface area contributed by atoms with Crippen LogP contribution in [0.15, 0.2) is 48.5 Å². The average Bonchev–Trinajstić information content (AvgIpc) is 2.85. The van der Waals surface area contributed by atoms with E-state index in [9.17, 15) is 22.8 Å². The van der Waals surface area contributed by atoms with Crippen molar-refractivity contribution in [3.8, 4) is 11.8 Å². The highest BCUT2D eigenvalue weighted by atomic mass is 19.4. The molecule has 0 fully saturated rings. The second kappa shape index (κ2) is 15.7. The second-order valence-electron chi connectivity index (χ2n) is 8.31. The number of halogens is 3. The van der Waals surface area contributed by atoms with Gasteiger partial charge in [-0.15, -0.1) is 0 Å². The summed E-state index contributed by atoms with van der Waals surface area (Å²) in [6.07, 6.45) is 4.12. The van der Waals surface area contributed by atoms with Gasteiger partial charge < -0.3 is 10.1 Å². The molecule has 0 radical (unpaired) electrons. The zero-order chi connectivity index (χ0) is 25.4. The monoisotopic (exact) mass is 487 g/mol. The molecular weight excluding hydrogens is 455 g/mol. The van der Waals surface area contributed by atoms with Crippen molar-refractivity contribution in [2.24, 2.45) is 0 Å². The third kappa shape index (κ3) is 12.2. The third-order valence-corrected chi connectivity index (χ3v) is 5.41. The van der Waals surface area contributed by atoms with E-state index in [0.29, 0.717) is 19.7 Å². The van der Waals surface area contributed by atoms with Crippen molar-refractivity contribution >= 4 is 12.3 Å². The lowest BCUT2D eigenvalue weighted by Crippen LogP contribution is -2.13. The summed E-state index contributed by atoms with van der Waals surface area (Å²) in [6.45, 7) is 1.43. The molecule has 0 aliphatic heterocycles. The van der Waals surface area contributed by atoms with Gasteiger partial charge in [0.1, 0.15) is 0 Å². The first-order chi connectivity index (χ1) is 16.9. The van der Waals surface area contributed by atoms with Gasteiger partial charge in [0.05, 0.1) is 12.2 Å². The highest BCUT2D eigenvalue weighted by molar-refractivity contribution is 6.20. The average molecular weight is 488 g/mol. The molecule has 0 saturated heterocycles. The molecule has 2 aromatic carbocycles. The number of unbranched alkanes of at least 4 members (excludes halogenated alkanes) is 7. The van der Waals surface area contributed by atoms with Gasteiger partial charge in [-0.1, -0.05) is 68.2 Å². The molecular formula is C28H32F3NO3. The number of alkyl halides is 3. The first-order valence-electron chi connectivity index (χ1n) is 11.9. The minimum atomic E-state index is -4.31. The molecule has 0 spiro atoms. The van der Waals surface area contributed by atoms with Crippen LogP contribution in [0.25, 0.3) is 0 Å². The molecule has 0 bridgehead atoms. The smallest absolute Gasteiger partial charge is 0.416 e. The number of carbonyl (C=O) groups is 2. The van der Waals surface area contributed by atoms with Gasteiger partial charge in [0.25, 0.3) is 0 Å². The molecule has 0 amide bonds. The summed E-state index contributed by atoms with van der Waals surface area (Å²) in [6, 6.07) is 13.2. The van der Waals surface area contributed by atoms with Gasteiger partial charge in [0.2, 0.25) is 6.29 Å². The maximum Gasteiger partial charge on any atom is 0.416 e. The van der Waals surface area contributed by atoms with E-state index in [2.05, 4.69) is 17.2 Å². The number of hydrogen-bond donors (Lipinski definition) is 1. The zero-order valence-corrected chi connectivity index (χ0v) is 19.8. The Hall–Kier alpha value is -3.11. The lowest BCUT2D eigenvalue weighted by atomic mass is 10.1. The molecule has 4 nitrogen and oxygen atoms in total. The SMILES string of the molecule is O=CC(=O)OCCCCCCCCCC#Cc1ccc(CNCc2ccc(C(F)(F)F)cc2)cc1. The molecule has 188 valence electrons. The molecule has 0 atom stereocenters. The van der Waals surface area contributed by atoms with E-state index in [0.717, 1.165) is 80.2 Å². The van der Waals surface area contributed by atoms with E-state index >= 15 is 0 Å². The molecule has 0 unspecified atom stereocenters. The number of rotatable bonds is 14. The van der Waals surface area contributed by atoms with Crippen molar-refractivity contribution in [1.82, 2.24) is 5.32 Å². The lowest BCUT2D eigenvalue weighted by Gasteiger charge is -2.08. The lowest BCUT2D eigenvalue weighted by molar-refractivity contribution is -0.148. The summed E-state index contributed by atoms with van der Waals surface area (Å²) in [7, 11) is 0. The van der Waals surface area contributed by atoms with Crippen LogP contribution in [-0.2, 0) is 33.6 Å². The third-order valence-electron chi connectivity index (χ3n) is 5.41. The molecule has 0 aliphatic carbocycles. The Morgan fingerprint density at radius 1 is 0.829 bits per heavy atom. The van der Waals surface area contributed by atoms with Gasteiger partial charge in [-0.05, 0) is 48.2 Å². The maximum atomic E-state index is 12.6. The van der Waals surface area contributed by atoms with E-state index in [1.807, 2.05) is 24.3 Å². The summed E-state index contributed by atoms with van der Waals surface area (Å²) in [5.41, 5.74) is 2.22. The fourth-order valence-corrected chi connectivity index (χ4v) is 3.44. The number of nitrogens with one attached hydrogen (secondary N) is 1. The van der Waals surface area contributed by atoms with Crippen LogP contribution in [0, 0.1) is 11.8 Å². The number of benzene rings is 2. The number of ether oxygens (including phenoxy) is 1. The number of esters is 1. The fourth-order valence-electron chi connectivity index (χ4n) is 3.44. The molecule has 0 aliphatic rings. The Labute approximate surface area is 205 Å². The standard InChI is InChI=1S/C28H32F3NO3/c29-28(30,31)26-17-15-25(16-18-26)21-32-20-24-13-11-23(12-14-24)10-8-6-4-2-1-3-5-7-9-19-35-27(34)22-33/h11-18,22,32H,1-7,9,19-21H2. The zero-order valence-electron chi connectivity index (χ0n) is 19.8. The van der Waals surface area contributed by atoms with Gasteiger partial charge in [-0.25, -0.2) is 4.79 Å². The quantitative estimate of drug-likeness (QED) is 0.113. The van der Waals surface area contributed by atoms with Crippen LogP contribution in [0.3, 0.4) is 0 Å². The molecule has 0 saturated carbocycles. The van der Waals surface area contributed by atoms with Crippen molar-refractivity contribution in [3.63, 3.8) is 0 Å². The van der Waals surface area contributed by atoms with E-state index < -0.39 is 17.7 Å². The second-order valence-corrected chi connectivity index (χ2v) is 8.31. The summed E-state index contributed by atoms with van der Waals surface area (Å²) in [5, 5.41) is 3.24. The van der Waals surface area contributed by atoms with Crippen LogP contribution >= 0.6 is 0 Å². The topological polar surface area (TPSA) is 55.4 Å². The molecule has 0 heterocycles. The van der Waals surface area contributed by atoms with Crippen molar-refractivity contribution < 1.29 is 27.5 Å². The maximum absolute atomic E-state index is 12.6. The Morgan fingerprint density at radius 3 is 1.94 bits per heavy atom. The first-order valence-corrected chi connectivity index (χ1v) is 11.9. The predicted octanol–water partition coefficient (Wildman–Crippen LogP) is 6.21. The number of aldehydes is 1. The fraction of sp³-hybridized carbons (Fsp3) is 0.429. The largest absolute Gasteiger partial charge is 0.460 e. The normalized spacial score (nSPS) is 10.9. The van der Waals surface area contributed by atoms with E-state index in [-0.39, 0.29) is 6.29 Å². The van der Waals surface area contributed by atoms with Crippen LogP contribution < -0.4 is 5.32 Å². The van der Waals surface area contributed by atoms with Crippen molar-refractivity contribution in [3.05, 3.63) is 70.8 Å². The van der Waals surface area contributed by atoms with E-state index in [1.54, 1.807) is 0 Å². The van der Waals surface area contributed by atoms with Crippen molar-refractivity contribution in [2.45, 2.75) is 70.6 Å². The Kier molecular flexibility index (Phi) is 12.6. The summed E-state index contributed by atoms with van der Waals surface area (Å²) >= 11 is 0. The summed E-state index contributed by atoms with van der Waals surface area (Å²) in [4.78, 5) is 20.8. The minimum absolute atomic E-state index is 0.189. The first kappa shape index (κ1) is 28.1. The Bertz CT molecular complexity index is 958. The summed E-state index contributed by atoms with van der Waals surface area (Å²) in [5.74, 6) is 5.60. The van der Waals surface area contributed by atoms with Crippen molar-refractivity contribution in [2.75, 3.05) is 6.61 Å². The highest BCUT2D eigenvalue weighted by Gasteiger charge is 2.29. The predicted molar refractivity (Wildman–Crippen MR) is 129 cm³/mol. The van der Waals surface area contributed by atoms with Gasteiger partial charge in [-0.2, -0.15) is 13.2 Å². The van der Waals surface area contributed by atoms with Gasteiger partial charge in [-0.3, -0.25) is 4.79 Å². The van der Waals surface area contributed by atoms with Crippen LogP contribution in [0.4, 0.5) is 13.2 Å². The molecule has 35 heavy (non-hydrogen) atoms. The van der Waals surface area contributed by atoms with Crippen LogP contribution in [-0.4, -0.2) is 18.9 Å². The van der Waals surface area contributed by atoms with E-state index in [1.165, 1.54) is 12.1 Å². The minimum Gasteiger partial charge on any atom is -0.460 e. The van der Waals surface area contributed by atoms with Crippen molar-refractivity contribution in [1.29, 1.82) is 0 Å². The van der Waals surface area contributed by atoms with Crippen LogP contribution in [0.5, 0.6) is 0 Å². The molecule has 2 aromatic rings. The van der Waals surface area contributed by atoms with Gasteiger partial charge in [0, 0.05) is 25.1 Å². The van der Waals surface area contributed by atoms with E-state index in [4.69, 9.17) is 4.74 Å².